The molecule has 0 saturated heterocycles. The summed E-state index contributed by atoms with van der Waals surface area (Å²) in [6.45, 7) is 0.376. The monoisotopic (exact) mass is 259 g/mol. The maximum Gasteiger partial charge on any atom is 0.224 e. The minimum Gasteiger partial charge on any atom is -0.550 e. The van der Waals surface area contributed by atoms with Crippen LogP contribution in [0.5, 0.6) is 0 Å². The van der Waals surface area contributed by atoms with E-state index in [0.717, 1.165) is 5.56 Å². The Labute approximate surface area is 111 Å². The van der Waals surface area contributed by atoms with E-state index in [4.69, 9.17) is 0 Å². The summed E-state index contributed by atoms with van der Waals surface area (Å²) in [6, 6.07) is 3.61. The summed E-state index contributed by atoms with van der Waals surface area (Å²) in [5, 5.41) is 13.8. The lowest BCUT2D eigenvalue weighted by Crippen LogP contribution is -2.43. The molecule has 1 aromatic heterocycles. The number of nitrogens with one attached hydrogen (secondary N) is 1. The van der Waals surface area contributed by atoms with Gasteiger partial charge in [0, 0.05) is 36.7 Å². The smallest absolute Gasteiger partial charge is 0.224 e. The zero-order chi connectivity index (χ0) is 13.7. The second-order valence-corrected chi connectivity index (χ2v) is 4.55. The number of nitrogens with zero attached hydrogens (tertiary/aromatic N) is 1. The number of amides is 1. The zero-order valence-corrected chi connectivity index (χ0v) is 10.4. The predicted molar refractivity (Wildman–Crippen MR) is 66.4 cm³/mol. The van der Waals surface area contributed by atoms with Crippen molar-refractivity contribution in [2.45, 2.75) is 19.4 Å². The highest BCUT2D eigenvalue weighted by molar-refractivity contribution is 5.84. The van der Waals surface area contributed by atoms with E-state index in [0.29, 0.717) is 19.4 Å². The highest BCUT2D eigenvalue weighted by Gasteiger charge is 2.29. The number of carboxylic acid groups (broad SMARTS) is 1. The summed E-state index contributed by atoms with van der Waals surface area (Å²) in [6.07, 6.45) is 7.73. The van der Waals surface area contributed by atoms with Crippen molar-refractivity contribution >= 4 is 11.9 Å². The van der Waals surface area contributed by atoms with E-state index >= 15 is 0 Å². The molecule has 2 atom stereocenters. The van der Waals surface area contributed by atoms with Crippen molar-refractivity contribution < 1.29 is 14.7 Å². The summed E-state index contributed by atoms with van der Waals surface area (Å²) in [5.41, 5.74) is 0.930. The Morgan fingerprint density at radius 1 is 1.21 bits per heavy atom. The van der Waals surface area contributed by atoms with Crippen LogP contribution in [-0.2, 0) is 16.1 Å². The fraction of sp³-hybridized carbons (Fsp3) is 0.357. The van der Waals surface area contributed by atoms with Crippen LogP contribution in [0.2, 0.25) is 0 Å². The molecule has 1 N–H and O–H groups in total. The zero-order valence-electron chi connectivity index (χ0n) is 10.4. The minimum absolute atomic E-state index is 0.240. The Bertz CT molecular complexity index is 485. The molecule has 1 amide bonds. The van der Waals surface area contributed by atoms with Gasteiger partial charge in [-0.2, -0.15) is 0 Å². The SMILES string of the molecule is O=C([O-])[C@H]1CC=CC[C@H]1C(=O)NCc1ccncc1. The van der Waals surface area contributed by atoms with Gasteiger partial charge in [0.2, 0.25) is 5.91 Å². The van der Waals surface area contributed by atoms with Crippen LogP contribution in [0.1, 0.15) is 18.4 Å². The molecule has 0 saturated carbocycles. The van der Waals surface area contributed by atoms with Crippen molar-refractivity contribution in [2.24, 2.45) is 11.8 Å². The molecule has 0 spiro atoms. The highest BCUT2D eigenvalue weighted by atomic mass is 16.4. The molecule has 0 aliphatic heterocycles. The summed E-state index contributed by atoms with van der Waals surface area (Å²) < 4.78 is 0. The van der Waals surface area contributed by atoms with Crippen LogP contribution in [0.15, 0.2) is 36.7 Å². The molecular weight excluding hydrogens is 244 g/mol. The van der Waals surface area contributed by atoms with Gasteiger partial charge in [0.15, 0.2) is 0 Å². The molecule has 0 unspecified atom stereocenters. The van der Waals surface area contributed by atoms with Crippen molar-refractivity contribution in [3.8, 4) is 0 Å². The fourth-order valence-corrected chi connectivity index (χ4v) is 2.19. The first kappa shape index (κ1) is 13.3. The van der Waals surface area contributed by atoms with E-state index in [-0.39, 0.29) is 5.91 Å². The molecular formula is C14H15N2O3-. The largest absolute Gasteiger partial charge is 0.550 e. The second kappa shape index (κ2) is 6.13. The Morgan fingerprint density at radius 3 is 2.47 bits per heavy atom. The van der Waals surface area contributed by atoms with Crippen LogP contribution < -0.4 is 10.4 Å². The lowest BCUT2D eigenvalue weighted by molar-refractivity contribution is -0.313. The molecule has 5 nitrogen and oxygen atoms in total. The molecule has 0 aromatic carbocycles. The third kappa shape index (κ3) is 3.40. The Morgan fingerprint density at radius 2 is 1.84 bits per heavy atom. The van der Waals surface area contributed by atoms with Gasteiger partial charge < -0.3 is 15.2 Å². The lowest BCUT2D eigenvalue weighted by Gasteiger charge is -2.28. The van der Waals surface area contributed by atoms with E-state index in [1.165, 1.54) is 0 Å². The van der Waals surface area contributed by atoms with Crippen molar-refractivity contribution in [1.29, 1.82) is 0 Å². The van der Waals surface area contributed by atoms with Crippen LogP contribution in [0.4, 0.5) is 0 Å². The van der Waals surface area contributed by atoms with Gasteiger partial charge in [-0.15, -0.1) is 0 Å². The van der Waals surface area contributed by atoms with Crippen LogP contribution in [0.3, 0.4) is 0 Å². The Balaban J connectivity index is 1.95. The number of aliphatic carboxylic acids is 1. The fourth-order valence-electron chi connectivity index (χ4n) is 2.19. The van der Waals surface area contributed by atoms with Gasteiger partial charge in [-0.1, -0.05) is 12.2 Å². The molecule has 1 heterocycles. The average molecular weight is 259 g/mol. The molecule has 100 valence electrons. The minimum atomic E-state index is -1.16. The molecule has 0 radical (unpaired) electrons. The summed E-state index contributed by atoms with van der Waals surface area (Å²) in [4.78, 5) is 26.9. The Kier molecular flexibility index (Phi) is 4.28. The van der Waals surface area contributed by atoms with E-state index in [1.54, 1.807) is 30.6 Å². The number of hydrogen-bond acceptors (Lipinski definition) is 4. The summed E-state index contributed by atoms with van der Waals surface area (Å²) in [5.74, 6) is -2.68. The van der Waals surface area contributed by atoms with Gasteiger partial charge in [0.1, 0.15) is 0 Å². The number of hydrogen-bond donors (Lipinski definition) is 1. The van der Waals surface area contributed by atoms with E-state index in [1.807, 2.05) is 6.08 Å². The van der Waals surface area contributed by atoms with Crippen molar-refractivity contribution in [3.63, 3.8) is 0 Å². The van der Waals surface area contributed by atoms with Crippen molar-refractivity contribution in [1.82, 2.24) is 10.3 Å². The third-order valence-electron chi connectivity index (χ3n) is 3.29. The van der Waals surface area contributed by atoms with Crippen LogP contribution in [0.25, 0.3) is 0 Å². The number of carbonyl (C=O) groups excluding carboxylic acids is 2. The molecule has 1 aliphatic rings. The first-order chi connectivity index (χ1) is 9.18. The number of pyridine rings is 1. The second-order valence-electron chi connectivity index (χ2n) is 4.55. The van der Waals surface area contributed by atoms with Gasteiger partial charge in [0.05, 0.1) is 0 Å². The molecule has 1 aromatic rings. The van der Waals surface area contributed by atoms with Crippen molar-refractivity contribution in [3.05, 3.63) is 42.2 Å². The van der Waals surface area contributed by atoms with Crippen LogP contribution in [-0.4, -0.2) is 16.9 Å². The first-order valence-corrected chi connectivity index (χ1v) is 6.21. The summed E-state index contributed by atoms with van der Waals surface area (Å²) in [7, 11) is 0. The average Bonchev–Trinajstić information content (AvgIpc) is 2.46. The van der Waals surface area contributed by atoms with Crippen LogP contribution in [0, 0.1) is 11.8 Å². The molecule has 0 bridgehead atoms. The van der Waals surface area contributed by atoms with E-state index in [2.05, 4.69) is 10.3 Å². The molecule has 1 aliphatic carbocycles. The van der Waals surface area contributed by atoms with Gasteiger partial charge in [-0.25, -0.2) is 0 Å². The van der Waals surface area contributed by atoms with Crippen LogP contribution >= 0.6 is 0 Å². The highest BCUT2D eigenvalue weighted by Crippen LogP contribution is 2.25. The van der Waals surface area contributed by atoms with Gasteiger partial charge in [-0.05, 0) is 30.5 Å². The Hall–Kier alpha value is -2.17. The number of carboxylic acids is 1. The molecule has 2 rings (SSSR count). The standard InChI is InChI=1S/C14H16N2O3/c17-13(16-9-10-5-7-15-8-6-10)11-3-1-2-4-12(11)14(18)19/h1-2,5-8,11-12H,3-4,9H2,(H,16,17)(H,18,19)/p-1/t11-,12+/m1/s1. The number of allylic oxidation sites excluding steroid dienone is 2. The van der Waals surface area contributed by atoms with E-state index < -0.39 is 17.8 Å². The summed E-state index contributed by atoms with van der Waals surface area (Å²) >= 11 is 0. The van der Waals surface area contributed by atoms with E-state index in [9.17, 15) is 14.7 Å². The van der Waals surface area contributed by atoms with Crippen molar-refractivity contribution in [2.75, 3.05) is 0 Å². The van der Waals surface area contributed by atoms with Gasteiger partial charge >= 0.3 is 0 Å². The predicted octanol–water partition coefficient (Wildman–Crippen LogP) is 0.0301. The van der Waals surface area contributed by atoms with Gasteiger partial charge in [0.25, 0.3) is 0 Å². The number of rotatable bonds is 4. The maximum absolute atomic E-state index is 12.0. The first-order valence-electron chi connectivity index (χ1n) is 6.21. The topological polar surface area (TPSA) is 82.1 Å². The quantitative estimate of drug-likeness (QED) is 0.773. The number of aromatic nitrogens is 1. The third-order valence-corrected chi connectivity index (χ3v) is 3.29. The van der Waals surface area contributed by atoms with Gasteiger partial charge in [-0.3, -0.25) is 9.78 Å². The lowest BCUT2D eigenvalue weighted by atomic mass is 9.82. The maximum atomic E-state index is 12.0. The molecule has 5 heteroatoms. The molecule has 0 fully saturated rings. The molecule has 19 heavy (non-hydrogen) atoms. The number of carbonyl (C=O) groups is 2. The normalized spacial score (nSPS) is 21.9.